The first-order valence-electron chi connectivity index (χ1n) is 14.9. The molecule has 6 heteroatoms. The minimum absolute atomic E-state index is 0.0255. The minimum Gasteiger partial charge on any atom is -0.455 e. The SMILES string of the molecule is CCCCCCCCCCCCCCC[C@](C)(O)C[C@]1(C)OC(=O)C[C@@H]1OC(=O)[C@H](OC)c1ccccc1. The van der Waals surface area contributed by atoms with E-state index >= 15 is 0 Å². The summed E-state index contributed by atoms with van der Waals surface area (Å²) in [5, 5.41) is 11.1. The highest BCUT2D eigenvalue weighted by Crippen LogP contribution is 2.38. The van der Waals surface area contributed by atoms with Crippen molar-refractivity contribution in [3.63, 3.8) is 0 Å². The smallest absolute Gasteiger partial charge is 0.340 e. The molecule has 6 nitrogen and oxygen atoms in total. The summed E-state index contributed by atoms with van der Waals surface area (Å²) in [7, 11) is 1.45. The number of benzene rings is 1. The van der Waals surface area contributed by atoms with Gasteiger partial charge in [0.1, 0.15) is 5.60 Å². The minimum atomic E-state index is -1.08. The van der Waals surface area contributed by atoms with Gasteiger partial charge >= 0.3 is 11.9 Å². The monoisotopic (exact) mass is 532 g/mol. The van der Waals surface area contributed by atoms with Crippen LogP contribution in [0.3, 0.4) is 0 Å². The average Bonchev–Trinajstić information content (AvgIpc) is 3.14. The van der Waals surface area contributed by atoms with E-state index in [4.69, 9.17) is 14.2 Å². The Bertz CT molecular complexity index is 807. The molecule has 1 aromatic rings. The molecule has 1 heterocycles. The van der Waals surface area contributed by atoms with Gasteiger partial charge in [-0.1, -0.05) is 121 Å². The van der Waals surface area contributed by atoms with Crippen LogP contribution in [0.15, 0.2) is 30.3 Å². The Balaban J connectivity index is 1.71. The van der Waals surface area contributed by atoms with Crippen LogP contribution >= 0.6 is 0 Å². The Kier molecular flexibility index (Phi) is 14.4. The highest BCUT2D eigenvalue weighted by atomic mass is 16.6. The molecule has 2 rings (SSSR count). The van der Waals surface area contributed by atoms with Crippen LogP contribution in [0.25, 0.3) is 0 Å². The van der Waals surface area contributed by atoms with Gasteiger partial charge in [0, 0.05) is 13.5 Å². The van der Waals surface area contributed by atoms with Crippen molar-refractivity contribution in [3.05, 3.63) is 35.9 Å². The van der Waals surface area contributed by atoms with Crippen molar-refractivity contribution in [1.82, 2.24) is 0 Å². The molecule has 1 saturated heterocycles. The average molecular weight is 533 g/mol. The molecule has 0 aliphatic carbocycles. The molecule has 1 aromatic carbocycles. The molecule has 0 amide bonds. The number of unbranched alkanes of at least 4 members (excludes halogenated alkanes) is 12. The second-order valence-electron chi connectivity index (χ2n) is 11.6. The molecular formula is C32H52O6. The summed E-state index contributed by atoms with van der Waals surface area (Å²) < 4.78 is 16.8. The molecule has 0 radical (unpaired) electrons. The lowest BCUT2D eigenvalue weighted by molar-refractivity contribution is -0.177. The highest BCUT2D eigenvalue weighted by molar-refractivity contribution is 5.79. The normalized spacial score (nSPS) is 21.6. The number of rotatable bonds is 20. The third kappa shape index (κ3) is 11.4. The van der Waals surface area contributed by atoms with E-state index in [2.05, 4.69) is 6.92 Å². The van der Waals surface area contributed by atoms with E-state index in [0.29, 0.717) is 12.0 Å². The molecule has 1 aliphatic rings. The quantitative estimate of drug-likeness (QED) is 0.137. The maximum Gasteiger partial charge on any atom is 0.340 e. The fraction of sp³-hybridized carbons (Fsp3) is 0.750. The molecule has 0 unspecified atom stereocenters. The number of carbonyl (C=O) groups excluding carboxylic acids is 2. The van der Waals surface area contributed by atoms with Crippen molar-refractivity contribution in [2.75, 3.05) is 7.11 Å². The van der Waals surface area contributed by atoms with Gasteiger partial charge in [0.15, 0.2) is 12.2 Å². The topological polar surface area (TPSA) is 82.1 Å². The van der Waals surface area contributed by atoms with Gasteiger partial charge in [-0.2, -0.15) is 0 Å². The molecule has 0 aromatic heterocycles. The van der Waals surface area contributed by atoms with Crippen LogP contribution in [0.2, 0.25) is 0 Å². The van der Waals surface area contributed by atoms with E-state index < -0.39 is 35.3 Å². The summed E-state index contributed by atoms with van der Waals surface area (Å²) in [4.78, 5) is 25.1. The molecule has 0 saturated carbocycles. The number of aliphatic hydroxyl groups is 1. The fourth-order valence-corrected chi connectivity index (χ4v) is 5.62. The first-order valence-corrected chi connectivity index (χ1v) is 14.9. The van der Waals surface area contributed by atoms with Crippen LogP contribution in [-0.2, 0) is 23.8 Å². The van der Waals surface area contributed by atoms with Crippen LogP contribution in [-0.4, -0.2) is 41.5 Å². The molecule has 0 bridgehead atoms. The van der Waals surface area contributed by atoms with Gasteiger partial charge < -0.3 is 19.3 Å². The van der Waals surface area contributed by atoms with Crippen molar-refractivity contribution in [3.8, 4) is 0 Å². The maximum absolute atomic E-state index is 12.9. The van der Waals surface area contributed by atoms with Crippen LogP contribution in [0.4, 0.5) is 0 Å². The van der Waals surface area contributed by atoms with E-state index in [1.165, 1.54) is 77.7 Å². The van der Waals surface area contributed by atoms with Crippen LogP contribution in [0.1, 0.15) is 135 Å². The molecule has 0 spiro atoms. The fourth-order valence-electron chi connectivity index (χ4n) is 5.62. The molecule has 4 atom stereocenters. The summed E-state index contributed by atoms with van der Waals surface area (Å²) in [5.41, 5.74) is -1.43. The first-order chi connectivity index (χ1) is 18.2. The lowest BCUT2D eigenvalue weighted by atomic mass is 9.82. The third-order valence-corrected chi connectivity index (χ3v) is 7.74. The number of methoxy groups -OCH3 is 1. The van der Waals surface area contributed by atoms with E-state index in [0.717, 1.165) is 12.8 Å². The highest BCUT2D eigenvalue weighted by Gasteiger charge is 2.51. The summed E-state index contributed by atoms with van der Waals surface area (Å²) in [6.45, 7) is 5.79. The second kappa shape index (κ2) is 16.9. The van der Waals surface area contributed by atoms with Crippen LogP contribution < -0.4 is 0 Å². The zero-order valence-corrected chi connectivity index (χ0v) is 24.3. The lowest BCUT2D eigenvalue weighted by Crippen LogP contribution is -2.46. The van der Waals surface area contributed by atoms with Gasteiger partial charge in [-0.3, -0.25) is 4.79 Å². The summed E-state index contributed by atoms with van der Waals surface area (Å²) in [6.07, 6.45) is 15.7. The van der Waals surface area contributed by atoms with E-state index in [1.807, 2.05) is 18.2 Å². The zero-order chi connectivity index (χ0) is 27.9. The number of carbonyl (C=O) groups is 2. The molecule has 1 fully saturated rings. The molecule has 1 aliphatic heterocycles. The van der Waals surface area contributed by atoms with Gasteiger partial charge in [-0.05, 0) is 25.8 Å². The predicted octanol–water partition coefficient (Wildman–Crippen LogP) is 7.61. The first kappa shape index (κ1) is 32.3. The Hall–Kier alpha value is -1.92. The predicted molar refractivity (Wildman–Crippen MR) is 151 cm³/mol. The van der Waals surface area contributed by atoms with Gasteiger partial charge in [-0.15, -0.1) is 0 Å². The van der Waals surface area contributed by atoms with Crippen molar-refractivity contribution >= 4 is 11.9 Å². The number of cyclic esters (lactones) is 1. The Morgan fingerprint density at radius 3 is 2.05 bits per heavy atom. The Morgan fingerprint density at radius 2 is 1.53 bits per heavy atom. The second-order valence-corrected chi connectivity index (χ2v) is 11.6. The maximum atomic E-state index is 12.9. The lowest BCUT2D eigenvalue weighted by Gasteiger charge is -2.36. The summed E-state index contributed by atoms with van der Waals surface area (Å²) in [5.74, 6) is -0.986. The molecule has 38 heavy (non-hydrogen) atoms. The van der Waals surface area contributed by atoms with E-state index in [1.54, 1.807) is 26.0 Å². The largest absolute Gasteiger partial charge is 0.455 e. The molecule has 1 N–H and O–H groups in total. The van der Waals surface area contributed by atoms with Gasteiger partial charge in [0.25, 0.3) is 0 Å². The van der Waals surface area contributed by atoms with Crippen molar-refractivity contribution < 1.29 is 28.9 Å². The van der Waals surface area contributed by atoms with Crippen molar-refractivity contribution in [2.24, 2.45) is 0 Å². The van der Waals surface area contributed by atoms with Gasteiger partial charge in [0.05, 0.1) is 12.0 Å². The number of esters is 2. The van der Waals surface area contributed by atoms with Crippen LogP contribution in [0.5, 0.6) is 0 Å². The zero-order valence-electron chi connectivity index (χ0n) is 24.3. The van der Waals surface area contributed by atoms with Gasteiger partial charge in [0.2, 0.25) is 0 Å². The Labute approximate surface area is 230 Å². The summed E-state index contributed by atoms with van der Waals surface area (Å²) >= 11 is 0. The standard InChI is InChI=1S/C32H52O6/c1-5-6-7-8-9-10-11-12-13-14-15-16-20-23-31(2,35)25-32(3)27(24-28(33)38-32)37-30(34)29(36-4)26-21-18-17-19-22-26/h17-19,21-22,27,29,35H,5-16,20,23-25H2,1-4H3/t27-,29+,31-,32-/m0/s1. The number of hydrogen-bond acceptors (Lipinski definition) is 6. The Morgan fingerprint density at radius 1 is 1.00 bits per heavy atom. The van der Waals surface area contributed by atoms with Crippen LogP contribution in [0, 0.1) is 0 Å². The molecular weight excluding hydrogens is 480 g/mol. The summed E-state index contributed by atoms with van der Waals surface area (Å²) in [6, 6.07) is 9.11. The van der Waals surface area contributed by atoms with E-state index in [9.17, 15) is 14.7 Å². The molecule has 216 valence electrons. The number of ether oxygens (including phenoxy) is 3. The third-order valence-electron chi connectivity index (χ3n) is 7.74. The van der Waals surface area contributed by atoms with Crippen molar-refractivity contribution in [1.29, 1.82) is 0 Å². The number of hydrogen-bond donors (Lipinski definition) is 1. The van der Waals surface area contributed by atoms with Crippen molar-refractivity contribution in [2.45, 2.75) is 147 Å². The van der Waals surface area contributed by atoms with E-state index in [-0.39, 0.29) is 12.8 Å². The van der Waals surface area contributed by atoms with Gasteiger partial charge in [-0.25, -0.2) is 4.79 Å².